The highest BCUT2D eigenvalue weighted by Crippen LogP contribution is 2.50. The molecule has 5 aromatic rings. The maximum Gasteiger partial charge on any atom is 0.0159 e. The van der Waals surface area contributed by atoms with Gasteiger partial charge < -0.3 is 0 Å². The molecule has 1 aliphatic rings. The summed E-state index contributed by atoms with van der Waals surface area (Å²) in [7, 11) is 0. The molecule has 0 bridgehead atoms. The van der Waals surface area contributed by atoms with Crippen molar-refractivity contribution in [3.05, 3.63) is 131 Å². The summed E-state index contributed by atoms with van der Waals surface area (Å²) >= 11 is 0. The van der Waals surface area contributed by atoms with E-state index in [1.54, 1.807) is 0 Å². The summed E-state index contributed by atoms with van der Waals surface area (Å²) in [4.78, 5) is 0. The first kappa shape index (κ1) is 22.6. The Labute approximate surface area is 215 Å². The number of rotatable bonds is 3. The van der Waals surface area contributed by atoms with Crippen molar-refractivity contribution in [3.63, 3.8) is 0 Å². The maximum absolute atomic E-state index is 2.44. The van der Waals surface area contributed by atoms with Crippen LogP contribution in [0.5, 0.6) is 0 Å². The monoisotopic (exact) mass is 464 g/mol. The largest absolute Gasteiger partial charge is 0.0620 e. The second-order valence-corrected chi connectivity index (χ2v) is 10.8. The van der Waals surface area contributed by atoms with Gasteiger partial charge in [-0.25, -0.2) is 0 Å². The van der Waals surface area contributed by atoms with Crippen molar-refractivity contribution in [1.82, 2.24) is 0 Å². The normalized spacial score (nSPS) is 13.4. The Balaban J connectivity index is 1.60. The molecule has 0 spiro atoms. The van der Waals surface area contributed by atoms with Crippen molar-refractivity contribution in [1.29, 1.82) is 0 Å². The summed E-state index contributed by atoms with van der Waals surface area (Å²) < 4.78 is 0. The Bertz CT molecular complexity index is 1610. The first-order valence-corrected chi connectivity index (χ1v) is 12.9. The number of aryl methyl sites for hydroxylation is 3. The van der Waals surface area contributed by atoms with Crippen molar-refractivity contribution in [3.8, 4) is 44.5 Å². The molecule has 5 aromatic carbocycles. The number of fused-ring (bicyclic) bond motifs is 3. The molecule has 0 nitrogen and oxygen atoms in total. The fourth-order valence-electron chi connectivity index (χ4n) is 5.96. The zero-order chi connectivity index (χ0) is 25.0. The molecule has 0 heteroatoms. The smallest absolute Gasteiger partial charge is 0.0159 e. The van der Waals surface area contributed by atoms with Gasteiger partial charge in [-0.05, 0) is 99.7 Å². The summed E-state index contributed by atoms with van der Waals surface area (Å²) in [6, 6.07) is 38.4. The van der Waals surface area contributed by atoms with Crippen LogP contribution in [0.15, 0.2) is 103 Å². The van der Waals surface area contributed by atoms with Crippen molar-refractivity contribution in [2.24, 2.45) is 0 Å². The molecule has 0 heterocycles. The lowest BCUT2D eigenvalue weighted by molar-refractivity contribution is 0.660. The third-order valence-electron chi connectivity index (χ3n) is 8.06. The molecule has 176 valence electrons. The van der Waals surface area contributed by atoms with Crippen LogP contribution in [-0.4, -0.2) is 0 Å². The lowest BCUT2D eigenvalue weighted by atomic mass is 9.80. The van der Waals surface area contributed by atoms with Gasteiger partial charge in [0.25, 0.3) is 0 Å². The average molecular weight is 465 g/mol. The number of hydrogen-bond donors (Lipinski definition) is 0. The summed E-state index contributed by atoms with van der Waals surface area (Å²) in [5.74, 6) is 0. The van der Waals surface area contributed by atoms with E-state index in [9.17, 15) is 0 Å². The van der Waals surface area contributed by atoms with Crippen molar-refractivity contribution in [2.45, 2.75) is 40.0 Å². The minimum atomic E-state index is -0.0183. The van der Waals surface area contributed by atoms with E-state index in [0.29, 0.717) is 0 Å². The average Bonchev–Trinajstić information content (AvgIpc) is 3.11. The second kappa shape index (κ2) is 8.35. The Hall–Kier alpha value is -3.90. The number of benzene rings is 5. The second-order valence-electron chi connectivity index (χ2n) is 10.8. The third-order valence-corrected chi connectivity index (χ3v) is 8.06. The van der Waals surface area contributed by atoms with Crippen LogP contribution in [0.25, 0.3) is 44.5 Å². The van der Waals surface area contributed by atoms with Crippen LogP contribution in [0.1, 0.15) is 41.7 Å². The van der Waals surface area contributed by atoms with Gasteiger partial charge >= 0.3 is 0 Å². The summed E-state index contributed by atoms with van der Waals surface area (Å²) in [5.41, 5.74) is 17.2. The molecule has 6 rings (SSSR count). The lowest BCUT2D eigenvalue weighted by Crippen LogP contribution is -2.14. The standard InChI is InChI=1S/C36H32/c1-23-14-16-26(17-15-23)32-20-25(3)31(28-11-7-6-10-24(28)2)22-33(32)27-18-19-30-29-12-8-9-13-34(29)36(4,5)35(30)21-27/h6-22H,1-5H3. The van der Waals surface area contributed by atoms with Gasteiger partial charge in [-0.15, -0.1) is 0 Å². The molecular formula is C36H32. The molecule has 0 saturated carbocycles. The molecule has 0 fully saturated rings. The first-order valence-electron chi connectivity index (χ1n) is 12.9. The molecule has 0 atom stereocenters. The van der Waals surface area contributed by atoms with Crippen LogP contribution in [0, 0.1) is 20.8 Å². The molecule has 0 amide bonds. The topological polar surface area (TPSA) is 0 Å². The van der Waals surface area contributed by atoms with Gasteiger partial charge in [-0.1, -0.05) is 110 Å². The first-order chi connectivity index (χ1) is 17.3. The van der Waals surface area contributed by atoms with E-state index in [1.807, 2.05) is 0 Å². The van der Waals surface area contributed by atoms with E-state index in [2.05, 4.69) is 138 Å². The summed E-state index contributed by atoms with van der Waals surface area (Å²) in [6.45, 7) is 11.3. The maximum atomic E-state index is 2.44. The van der Waals surface area contributed by atoms with Crippen LogP contribution >= 0.6 is 0 Å². The molecule has 0 aromatic heterocycles. The Kier molecular flexibility index (Phi) is 5.23. The fourth-order valence-corrected chi connectivity index (χ4v) is 5.96. The highest BCUT2D eigenvalue weighted by atomic mass is 14.4. The molecule has 0 radical (unpaired) electrons. The highest BCUT2D eigenvalue weighted by molar-refractivity contribution is 5.91. The van der Waals surface area contributed by atoms with Gasteiger partial charge in [0, 0.05) is 5.41 Å². The van der Waals surface area contributed by atoms with Gasteiger partial charge in [0.05, 0.1) is 0 Å². The predicted molar refractivity (Wildman–Crippen MR) is 155 cm³/mol. The quantitative estimate of drug-likeness (QED) is 0.249. The summed E-state index contributed by atoms with van der Waals surface area (Å²) in [5, 5.41) is 0. The van der Waals surface area contributed by atoms with Gasteiger partial charge in [-0.3, -0.25) is 0 Å². The minimum absolute atomic E-state index is 0.0183. The van der Waals surface area contributed by atoms with Gasteiger partial charge in [-0.2, -0.15) is 0 Å². The lowest BCUT2D eigenvalue weighted by Gasteiger charge is -2.23. The van der Waals surface area contributed by atoms with E-state index in [1.165, 1.54) is 72.3 Å². The molecular weight excluding hydrogens is 432 g/mol. The van der Waals surface area contributed by atoms with E-state index in [0.717, 1.165) is 0 Å². The van der Waals surface area contributed by atoms with Crippen LogP contribution < -0.4 is 0 Å². The van der Waals surface area contributed by atoms with Crippen LogP contribution in [0.2, 0.25) is 0 Å². The van der Waals surface area contributed by atoms with Gasteiger partial charge in [0.2, 0.25) is 0 Å². The van der Waals surface area contributed by atoms with E-state index >= 15 is 0 Å². The van der Waals surface area contributed by atoms with E-state index in [-0.39, 0.29) is 5.41 Å². The molecule has 0 aliphatic heterocycles. The molecule has 0 N–H and O–H groups in total. The fraction of sp³-hybridized carbons (Fsp3) is 0.167. The van der Waals surface area contributed by atoms with Crippen LogP contribution in [0.4, 0.5) is 0 Å². The predicted octanol–water partition coefficient (Wildman–Crippen LogP) is 9.92. The zero-order valence-electron chi connectivity index (χ0n) is 21.8. The van der Waals surface area contributed by atoms with E-state index in [4.69, 9.17) is 0 Å². The van der Waals surface area contributed by atoms with Crippen LogP contribution in [-0.2, 0) is 5.41 Å². The highest BCUT2D eigenvalue weighted by Gasteiger charge is 2.35. The molecule has 0 saturated heterocycles. The van der Waals surface area contributed by atoms with Gasteiger partial charge in [0.15, 0.2) is 0 Å². The molecule has 0 unspecified atom stereocenters. The Morgan fingerprint density at radius 2 is 1.03 bits per heavy atom. The summed E-state index contributed by atoms with van der Waals surface area (Å²) in [6.07, 6.45) is 0. The van der Waals surface area contributed by atoms with E-state index < -0.39 is 0 Å². The molecule has 1 aliphatic carbocycles. The van der Waals surface area contributed by atoms with Gasteiger partial charge in [0.1, 0.15) is 0 Å². The Morgan fingerprint density at radius 1 is 0.417 bits per heavy atom. The third kappa shape index (κ3) is 3.52. The number of hydrogen-bond acceptors (Lipinski definition) is 0. The Morgan fingerprint density at radius 3 is 1.78 bits per heavy atom. The SMILES string of the molecule is Cc1ccc(-c2cc(C)c(-c3ccccc3C)cc2-c2ccc3c(c2)C(C)(C)c2ccccc2-3)cc1. The minimum Gasteiger partial charge on any atom is -0.0620 e. The molecule has 36 heavy (non-hydrogen) atoms. The van der Waals surface area contributed by atoms with Crippen molar-refractivity contribution < 1.29 is 0 Å². The van der Waals surface area contributed by atoms with Crippen molar-refractivity contribution >= 4 is 0 Å². The van der Waals surface area contributed by atoms with Crippen LogP contribution in [0.3, 0.4) is 0 Å². The zero-order valence-corrected chi connectivity index (χ0v) is 21.8. The van der Waals surface area contributed by atoms with Crippen molar-refractivity contribution in [2.75, 3.05) is 0 Å².